The van der Waals surface area contributed by atoms with Crippen LogP contribution in [0.3, 0.4) is 0 Å². The number of benzene rings is 1. The summed E-state index contributed by atoms with van der Waals surface area (Å²) in [5, 5.41) is 5.68. The van der Waals surface area contributed by atoms with Crippen LogP contribution in [0.15, 0.2) is 16.6 Å². The van der Waals surface area contributed by atoms with Crippen LogP contribution in [0.2, 0.25) is 0 Å². The van der Waals surface area contributed by atoms with Crippen molar-refractivity contribution < 1.29 is 13.6 Å². The molecule has 1 aliphatic heterocycles. The number of rotatable bonds is 4. The van der Waals surface area contributed by atoms with E-state index in [4.69, 9.17) is 0 Å². The molecule has 1 fully saturated rings. The quantitative estimate of drug-likeness (QED) is 0.856. The van der Waals surface area contributed by atoms with E-state index in [0.29, 0.717) is 17.3 Å². The number of amides is 1. The Kier molecular flexibility index (Phi) is 5.32. The minimum atomic E-state index is -0.768. The zero-order valence-corrected chi connectivity index (χ0v) is 13.5. The lowest BCUT2D eigenvalue weighted by Gasteiger charge is -2.36. The average molecular weight is 361 g/mol. The molecule has 1 aliphatic rings. The molecule has 0 bridgehead atoms. The van der Waals surface area contributed by atoms with E-state index in [1.54, 1.807) is 0 Å². The summed E-state index contributed by atoms with van der Waals surface area (Å²) in [5.41, 5.74) is -0.899. The van der Waals surface area contributed by atoms with E-state index in [2.05, 4.69) is 26.6 Å². The van der Waals surface area contributed by atoms with Gasteiger partial charge in [0.2, 0.25) is 5.91 Å². The SMILES string of the molecule is CCCC1(C(=O)Nc2c(F)cc(Br)cc2F)CCNCC1. The average Bonchev–Trinajstić information content (AvgIpc) is 2.44. The van der Waals surface area contributed by atoms with E-state index in [1.165, 1.54) is 0 Å². The molecule has 0 aromatic heterocycles. The van der Waals surface area contributed by atoms with E-state index in [1.807, 2.05) is 6.92 Å². The van der Waals surface area contributed by atoms with Gasteiger partial charge in [-0.05, 0) is 44.5 Å². The maximum atomic E-state index is 13.9. The molecule has 2 rings (SSSR count). The van der Waals surface area contributed by atoms with Gasteiger partial charge < -0.3 is 10.6 Å². The van der Waals surface area contributed by atoms with Crippen LogP contribution in [0, 0.1) is 17.0 Å². The molecule has 0 unspecified atom stereocenters. The lowest BCUT2D eigenvalue weighted by Crippen LogP contribution is -2.45. The predicted molar refractivity (Wildman–Crippen MR) is 82.1 cm³/mol. The van der Waals surface area contributed by atoms with E-state index < -0.39 is 17.0 Å². The number of carbonyl (C=O) groups is 1. The molecule has 0 aliphatic carbocycles. The summed E-state index contributed by atoms with van der Waals surface area (Å²) in [4.78, 5) is 12.6. The minimum absolute atomic E-state index is 0.286. The molecular formula is C15H19BrF2N2O. The summed E-state index contributed by atoms with van der Waals surface area (Å²) in [5.74, 6) is -1.82. The van der Waals surface area contributed by atoms with E-state index in [-0.39, 0.29) is 11.6 Å². The summed E-state index contributed by atoms with van der Waals surface area (Å²) in [6, 6.07) is 2.29. The van der Waals surface area contributed by atoms with Gasteiger partial charge in [-0.15, -0.1) is 0 Å². The van der Waals surface area contributed by atoms with Crippen LogP contribution in [0.4, 0.5) is 14.5 Å². The Balaban J connectivity index is 2.23. The highest BCUT2D eigenvalue weighted by atomic mass is 79.9. The Hall–Kier alpha value is -1.01. The molecule has 2 N–H and O–H groups in total. The lowest BCUT2D eigenvalue weighted by atomic mass is 9.74. The fourth-order valence-electron chi connectivity index (χ4n) is 2.88. The highest BCUT2D eigenvalue weighted by molar-refractivity contribution is 9.10. The summed E-state index contributed by atoms with van der Waals surface area (Å²) in [6.45, 7) is 3.51. The molecule has 1 aromatic rings. The first-order valence-corrected chi connectivity index (χ1v) is 7.94. The monoisotopic (exact) mass is 360 g/mol. The molecule has 3 nitrogen and oxygen atoms in total. The van der Waals surface area contributed by atoms with Crippen LogP contribution >= 0.6 is 15.9 Å². The summed E-state index contributed by atoms with van der Waals surface area (Å²) >= 11 is 3.02. The fraction of sp³-hybridized carbons (Fsp3) is 0.533. The Morgan fingerprint density at radius 2 is 1.90 bits per heavy atom. The van der Waals surface area contributed by atoms with Gasteiger partial charge in [-0.3, -0.25) is 4.79 Å². The Bertz CT molecular complexity index is 502. The zero-order chi connectivity index (χ0) is 15.5. The van der Waals surface area contributed by atoms with Crippen molar-refractivity contribution in [2.45, 2.75) is 32.6 Å². The van der Waals surface area contributed by atoms with Gasteiger partial charge in [0.15, 0.2) is 11.6 Å². The van der Waals surface area contributed by atoms with Crippen molar-refractivity contribution in [1.82, 2.24) is 5.32 Å². The molecule has 0 atom stereocenters. The third-order valence-electron chi connectivity index (χ3n) is 4.02. The van der Waals surface area contributed by atoms with Gasteiger partial charge >= 0.3 is 0 Å². The van der Waals surface area contributed by atoms with Crippen molar-refractivity contribution in [3.63, 3.8) is 0 Å². The Morgan fingerprint density at radius 1 is 1.33 bits per heavy atom. The first-order chi connectivity index (χ1) is 9.98. The molecule has 0 radical (unpaired) electrons. The maximum absolute atomic E-state index is 13.9. The smallest absolute Gasteiger partial charge is 0.230 e. The predicted octanol–water partition coefficient (Wildman–Crippen LogP) is 3.84. The molecular weight excluding hydrogens is 342 g/mol. The van der Waals surface area contributed by atoms with Crippen LogP contribution in [0.5, 0.6) is 0 Å². The van der Waals surface area contributed by atoms with Crippen molar-refractivity contribution in [1.29, 1.82) is 0 Å². The summed E-state index contributed by atoms with van der Waals surface area (Å²) in [7, 11) is 0. The molecule has 6 heteroatoms. The van der Waals surface area contributed by atoms with Crippen molar-refractivity contribution in [2.75, 3.05) is 18.4 Å². The van der Waals surface area contributed by atoms with Gasteiger partial charge in [0.05, 0.1) is 5.41 Å². The number of anilines is 1. The number of nitrogens with one attached hydrogen (secondary N) is 2. The number of halogens is 3. The summed E-state index contributed by atoms with van der Waals surface area (Å²) < 4.78 is 28.0. The second kappa shape index (κ2) is 6.83. The van der Waals surface area contributed by atoms with Crippen molar-refractivity contribution in [3.05, 3.63) is 28.2 Å². The number of hydrogen-bond donors (Lipinski definition) is 2. The largest absolute Gasteiger partial charge is 0.321 e. The van der Waals surface area contributed by atoms with Gasteiger partial charge in [0.1, 0.15) is 5.69 Å². The number of carbonyl (C=O) groups excluding carboxylic acids is 1. The van der Waals surface area contributed by atoms with Gasteiger partial charge in [0.25, 0.3) is 0 Å². The third kappa shape index (κ3) is 3.61. The van der Waals surface area contributed by atoms with Gasteiger partial charge in [-0.2, -0.15) is 0 Å². The second-order valence-electron chi connectivity index (χ2n) is 5.48. The minimum Gasteiger partial charge on any atom is -0.321 e. The number of piperidine rings is 1. The lowest BCUT2D eigenvalue weighted by molar-refractivity contribution is -0.127. The Labute approximate surface area is 131 Å². The molecule has 21 heavy (non-hydrogen) atoms. The topological polar surface area (TPSA) is 41.1 Å². The van der Waals surface area contributed by atoms with Crippen molar-refractivity contribution >= 4 is 27.5 Å². The first-order valence-electron chi connectivity index (χ1n) is 7.15. The molecule has 1 saturated heterocycles. The van der Waals surface area contributed by atoms with Crippen LogP contribution in [-0.4, -0.2) is 19.0 Å². The van der Waals surface area contributed by atoms with Gasteiger partial charge in [-0.1, -0.05) is 29.3 Å². The van der Waals surface area contributed by atoms with Gasteiger partial charge in [0, 0.05) is 4.47 Å². The van der Waals surface area contributed by atoms with Crippen LogP contribution in [0.25, 0.3) is 0 Å². The standard InChI is InChI=1S/C15H19BrF2N2O/c1-2-3-15(4-6-19-7-5-15)14(21)20-13-11(17)8-10(16)9-12(13)18/h8-9,19H,2-7H2,1H3,(H,20,21). The zero-order valence-electron chi connectivity index (χ0n) is 11.9. The van der Waals surface area contributed by atoms with E-state index in [0.717, 1.165) is 38.1 Å². The molecule has 1 amide bonds. The van der Waals surface area contributed by atoms with Crippen LogP contribution in [0.1, 0.15) is 32.6 Å². The van der Waals surface area contributed by atoms with Crippen LogP contribution in [-0.2, 0) is 4.79 Å². The van der Waals surface area contributed by atoms with E-state index >= 15 is 0 Å². The van der Waals surface area contributed by atoms with Crippen molar-refractivity contribution in [2.24, 2.45) is 5.41 Å². The maximum Gasteiger partial charge on any atom is 0.230 e. The van der Waals surface area contributed by atoms with Crippen molar-refractivity contribution in [3.8, 4) is 0 Å². The molecule has 116 valence electrons. The first kappa shape index (κ1) is 16.4. The second-order valence-corrected chi connectivity index (χ2v) is 6.39. The summed E-state index contributed by atoms with van der Waals surface area (Å²) in [6.07, 6.45) is 2.96. The third-order valence-corrected chi connectivity index (χ3v) is 4.47. The molecule has 1 aromatic carbocycles. The fourth-order valence-corrected chi connectivity index (χ4v) is 3.28. The van der Waals surface area contributed by atoms with Gasteiger partial charge in [-0.25, -0.2) is 8.78 Å². The Morgan fingerprint density at radius 3 is 2.43 bits per heavy atom. The normalized spacial score (nSPS) is 17.5. The number of hydrogen-bond acceptors (Lipinski definition) is 2. The molecule has 1 heterocycles. The van der Waals surface area contributed by atoms with E-state index in [9.17, 15) is 13.6 Å². The molecule has 0 saturated carbocycles. The molecule has 0 spiro atoms. The van der Waals surface area contributed by atoms with Crippen LogP contribution < -0.4 is 10.6 Å². The highest BCUT2D eigenvalue weighted by Gasteiger charge is 2.39. The highest BCUT2D eigenvalue weighted by Crippen LogP contribution is 2.36.